The molecule has 0 N–H and O–H groups in total. The Morgan fingerprint density at radius 2 is 1.45 bits per heavy atom. The molecule has 0 aromatic carbocycles. The summed E-state index contributed by atoms with van der Waals surface area (Å²) >= 11 is 0. The van der Waals surface area contributed by atoms with E-state index in [1.54, 1.807) is 4.90 Å². The fraction of sp³-hybridized carbons (Fsp3) is 0.786. The summed E-state index contributed by atoms with van der Waals surface area (Å²) in [5.74, 6) is 0.0827. The smallest absolute Gasteiger partial charge is 0.306 e. The topological polar surface area (TPSA) is 66.9 Å². The number of hydrogen-bond acceptors (Lipinski definition) is 4. The summed E-state index contributed by atoms with van der Waals surface area (Å²) in [5.41, 5.74) is 0. The summed E-state index contributed by atoms with van der Waals surface area (Å²) in [6.45, 7) is 6.29. The molecule has 0 radical (unpaired) electrons. The first-order valence-corrected chi connectivity index (χ1v) is 7.06. The lowest BCUT2D eigenvalue weighted by Gasteiger charge is -2.35. The second-order valence-electron chi connectivity index (χ2n) is 5.44. The van der Waals surface area contributed by atoms with Gasteiger partial charge >= 0.3 is 5.97 Å². The van der Waals surface area contributed by atoms with Crippen LogP contribution in [0.4, 0.5) is 0 Å². The maximum Gasteiger partial charge on any atom is 0.306 e. The third-order valence-electron chi connectivity index (χ3n) is 3.34. The van der Waals surface area contributed by atoms with E-state index in [1.807, 2.05) is 18.7 Å². The highest BCUT2D eigenvalue weighted by Gasteiger charge is 2.24. The fourth-order valence-electron chi connectivity index (χ4n) is 2.15. The average Bonchev–Trinajstić information content (AvgIpc) is 2.43. The molecule has 0 aromatic heterocycles. The second kappa shape index (κ2) is 7.87. The summed E-state index contributed by atoms with van der Waals surface area (Å²) in [7, 11) is 1.31. The molecule has 114 valence electrons. The third-order valence-corrected chi connectivity index (χ3v) is 3.34. The number of piperazine rings is 1. The largest absolute Gasteiger partial charge is 0.469 e. The molecule has 6 heteroatoms. The lowest BCUT2D eigenvalue weighted by atomic mass is 10.1. The molecule has 1 rings (SSSR count). The van der Waals surface area contributed by atoms with Crippen molar-refractivity contribution in [2.75, 3.05) is 33.3 Å². The van der Waals surface area contributed by atoms with Crippen LogP contribution in [0.2, 0.25) is 0 Å². The van der Waals surface area contributed by atoms with E-state index in [2.05, 4.69) is 4.74 Å². The van der Waals surface area contributed by atoms with Crippen LogP contribution in [0.15, 0.2) is 0 Å². The van der Waals surface area contributed by atoms with Crippen LogP contribution in [0.25, 0.3) is 0 Å². The molecule has 0 unspecified atom stereocenters. The second-order valence-corrected chi connectivity index (χ2v) is 5.44. The monoisotopic (exact) mass is 284 g/mol. The summed E-state index contributed by atoms with van der Waals surface area (Å²) in [5, 5.41) is 0. The number of nitrogens with zero attached hydrogens (tertiary/aromatic N) is 2. The molecule has 0 atom stereocenters. The molecule has 0 aromatic rings. The van der Waals surface area contributed by atoms with Crippen LogP contribution in [-0.4, -0.2) is 60.9 Å². The van der Waals surface area contributed by atoms with E-state index >= 15 is 0 Å². The van der Waals surface area contributed by atoms with Gasteiger partial charge in [-0.15, -0.1) is 0 Å². The number of esters is 1. The van der Waals surface area contributed by atoms with Crippen molar-refractivity contribution >= 4 is 17.8 Å². The van der Waals surface area contributed by atoms with Gasteiger partial charge in [-0.3, -0.25) is 14.4 Å². The maximum atomic E-state index is 11.9. The molecule has 0 aliphatic carbocycles. The lowest BCUT2D eigenvalue weighted by Crippen LogP contribution is -2.50. The molecular formula is C14H24N2O4. The Balaban J connectivity index is 2.32. The van der Waals surface area contributed by atoms with Gasteiger partial charge in [-0.25, -0.2) is 0 Å². The van der Waals surface area contributed by atoms with Gasteiger partial charge in [0, 0.05) is 39.0 Å². The third kappa shape index (κ3) is 5.19. The van der Waals surface area contributed by atoms with Crippen molar-refractivity contribution in [2.45, 2.75) is 33.1 Å². The molecule has 0 spiro atoms. The summed E-state index contributed by atoms with van der Waals surface area (Å²) in [6, 6.07) is 0. The van der Waals surface area contributed by atoms with Crippen molar-refractivity contribution in [3.05, 3.63) is 0 Å². The predicted octanol–water partition coefficient (Wildman–Crippen LogP) is 0.656. The Kier molecular flexibility index (Phi) is 6.48. The number of carbonyl (C=O) groups excluding carboxylic acids is 3. The Morgan fingerprint density at radius 1 is 0.950 bits per heavy atom. The van der Waals surface area contributed by atoms with Gasteiger partial charge in [0.2, 0.25) is 11.8 Å². The maximum absolute atomic E-state index is 11.9. The quantitative estimate of drug-likeness (QED) is 0.695. The standard InChI is InChI=1S/C14H24N2O4/c1-11(2)10-13(18)16-8-6-15(7-9-16)12(17)4-5-14(19)20-3/h11H,4-10H2,1-3H3. The number of rotatable bonds is 5. The average molecular weight is 284 g/mol. The van der Waals surface area contributed by atoms with Crippen molar-refractivity contribution in [1.82, 2.24) is 9.80 Å². The highest BCUT2D eigenvalue weighted by molar-refractivity contribution is 5.82. The van der Waals surface area contributed by atoms with Crippen molar-refractivity contribution < 1.29 is 19.1 Å². The number of amides is 2. The number of carbonyl (C=O) groups is 3. The minimum absolute atomic E-state index is 0.0497. The Bertz CT molecular complexity index is 360. The molecule has 1 aliphatic rings. The molecule has 1 saturated heterocycles. The van der Waals surface area contributed by atoms with Crippen molar-refractivity contribution in [3.8, 4) is 0 Å². The first-order chi connectivity index (χ1) is 9.43. The molecular weight excluding hydrogens is 260 g/mol. The predicted molar refractivity (Wildman–Crippen MR) is 73.9 cm³/mol. The van der Waals surface area contributed by atoms with Gasteiger partial charge in [-0.05, 0) is 5.92 Å². The highest BCUT2D eigenvalue weighted by atomic mass is 16.5. The minimum atomic E-state index is -0.371. The lowest BCUT2D eigenvalue weighted by molar-refractivity contribution is -0.144. The first-order valence-electron chi connectivity index (χ1n) is 7.06. The van der Waals surface area contributed by atoms with Gasteiger partial charge in [0.15, 0.2) is 0 Å². The molecule has 0 bridgehead atoms. The van der Waals surface area contributed by atoms with E-state index < -0.39 is 0 Å². The Labute approximate surface area is 120 Å². The summed E-state index contributed by atoms with van der Waals surface area (Å²) < 4.78 is 4.51. The summed E-state index contributed by atoms with van der Waals surface area (Å²) in [4.78, 5) is 38.3. The van der Waals surface area contributed by atoms with E-state index in [4.69, 9.17) is 0 Å². The van der Waals surface area contributed by atoms with Crippen LogP contribution in [-0.2, 0) is 19.1 Å². The molecule has 20 heavy (non-hydrogen) atoms. The zero-order chi connectivity index (χ0) is 15.1. The first kappa shape index (κ1) is 16.5. The van der Waals surface area contributed by atoms with Crippen LogP contribution in [0.3, 0.4) is 0 Å². The van der Waals surface area contributed by atoms with Gasteiger partial charge in [0.25, 0.3) is 0 Å². The van der Waals surface area contributed by atoms with Crippen LogP contribution >= 0.6 is 0 Å². The SMILES string of the molecule is COC(=O)CCC(=O)N1CCN(C(=O)CC(C)C)CC1. The van der Waals surface area contributed by atoms with Crippen LogP contribution < -0.4 is 0 Å². The van der Waals surface area contributed by atoms with Gasteiger partial charge in [0.05, 0.1) is 13.5 Å². The molecule has 1 fully saturated rings. The zero-order valence-corrected chi connectivity index (χ0v) is 12.6. The number of methoxy groups -OCH3 is 1. The van der Waals surface area contributed by atoms with E-state index in [-0.39, 0.29) is 30.6 Å². The van der Waals surface area contributed by atoms with Crippen molar-refractivity contribution in [1.29, 1.82) is 0 Å². The zero-order valence-electron chi connectivity index (χ0n) is 12.6. The minimum Gasteiger partial charge on any atom is -0.469 e. The molecule has 1 aliphatic heterocycles. The molecule has 0 saturated carbocycles. The van der Waals surface area contributed by atoms with Crippen LogP contribution in [0.5, 0.6) is 0 Å². The number of hydrogen-bond donors (Lipinski definition) is 0. The van der Waals surface area contributed by atoms with Crippen LogP contribution in [0.1, 0.15) is 33.1 Å². The summed E-state index contributed by atoms with van der Waals surface area (Å²) in [6.07, 6.45) is 0.838. The van der Waals surface area contributed by atoms with E-state index in [9.17, 15) is 14.4 Å². The highest BCUT2D eigenvalue weighted by Crippen LogP contribution is 2.09. The van der Waals surface area contributed by atoms with E-state index in [0.29, 0.717) is 38.5 Å². The van der Waals surface area contributed by atoms with E-state index in [1.165, 1.54) is 7.11 Å². The van der Waals surface area contributed by atoms with Gasteiger partial charge in [0.1, 0.15) is 0 Å². The normalized spacial score (nSPS) is 15.4. The Hall–Kier alpha value is -1.59. The van der Waals surface area contributed by atoms with Crippen molar-refractivity contribution in [3.63, 3.8) is 0 Å². The van der Waals surface area contributed by atoms with E-state index in [0.717, 1.165) is 0 Å². The molecule has 2 amide bonds. The molecule has 6 nitrogen and oxygen atoms in total. The van der Waals surface area contributed by atoms with Crippen LogP contribution in [0, 0.1) is 5.92 Å². The fourth-order valence-corrected chi connectivity index (χ4v) is 2.15. The number of ether oxygens (including phenoxy) is 1. The van der Waals surface area contributed by atoms with Gasteiger partial charge < -0.3 is 14.5 Å². The van der Waals surface area contributed by atoms with Gasteiger partial charge in [-0.1, -0.05) is 13.8 Å². The van der Waals surface area contributed by atoms with Crippen molar-refractivity contribution in [2.24, 2.45) is 5.92 Å². The van der Waals surface area contributed by atoms with Gasteiger partial charge in [-0.2, -0.15) is 0 Å². The molecule has 1 heterocycles. The Morgan fingerprint density at radius 3 is 1.90 bits per heavy atom.